The summed E-state index contributed by atoms with van der Waals surface area (Å²) in [6.07, 6.45) is 0. The standard InChI is InChI=1S/C62H39NOS/c1-2-10-42(11-3-1)53-16-8-17-54-57-39-47(30-37-58(57)64-62(53)54)41-26-33-49(34-27-41)63(50-35-28-44(29-36-50)52-15-9-19-60-61(52)55-14-6-7-18-59(55)65-60)48-31-24-40(25-32-48)46-23-22-45-21-20-43-12-4-5-13-51(43)56(45)38-46/h1-39H. The highest BCUT2D eigenvalue weighted by molar-refractivity contribution is 7.25. The van der Waals surface area contributed by atoms with Crippen LogP contribution in [0, 0.1) is 0 Å². The first-order valence-corrected chi connectivity index (χ1v) is 23.0. The van der Waals surface area contributed by atoms with Crippen molar-refractivity contribution in [2.45, 2.75) is 0 Å². The van der Waals surface area contributed by atoms with E-state index in [1.807, 2.05) is 17.4 Å². The summed E-state index contributed by atoms with van der Waals surface area (Å²) in [5.41, 5.74) is 14.5. The number of benzene rings is 11. The second-order valence-corrected chi connectivity index (χ2v) is 17.9. The predicted octanol–water partition coefficient (Wildman–Crippen LogP) is 18.4. The Morgan fingerprint density at radius 2 is 0.815 bits per heavy atom. The largest absolute Gasteiger partial charge is 0.455 e. The first-order chi connectivity index (χ1) is 32.2. The minimum absolute atomic E-state index is 0.891. The zero-order valence-electron chi connectivity index (χ0n) is 35.3. The van der Waals surface area contributed by atoms with Crippen LogP contribution in [-0.4, -0.2) is 0 Å². The van der Waals surface area contributed by atoms with Gasteiger partial charge in [-0.15, -0.1) is 11.3 Å². The number of fused-ring (bicyclic) bond motifs is 9. The summed E-state index contributed by atoms with van der Waals surface area (Å²) in [4.78, 5) is 2.36. The number of anilines is 3. The van der Waals surface area contributed by atoms with Gasteiger partial charge < -0.3 is 9.32 Å². The second-order valence-electron chi connectivity index (χ2n) is 16.8. The molecule has 0 N–H and O–H groups in total. The molecular formula is C62H39NOS. The van der Waals surface area contributed by atoms with Gasteiger partial charge in [-0.25, -0.2) is 0 Å². The molecule has 0 atom stereocenters. The van der Waals surface area contributed by atoms with Gasteiger partial charge >= 0.3 is 0 Å². The first kappa shape index (κ1) is 37.3. The molecule has 11 aromatic carbocycles. The van der Waals surface area contributed by atoms with E-state index in [2.05, 4.69) is 235 Å². The molecule has 0 amide bonds. The van der Waals surface area contributed by atoms with Gasteiger partial charge in [0.15, 0.2) is 0 Å². The minimum atomic E-state index is 0.891. The van der Waals surface area contributed by atoms with Gasteiger partial charge in [0, 0.05) is 53.6 Å². The van der Waals surface area contributed by atoms with Crippen LogP contribution in [0.1, 0.15) is 0 Å². The fraction of sp³-hybridized carbons (Fsp3) is 0. The topological polar surface area (TPSA) is 16.4 Å². The maximum atomic E-state index is 6.52. The Bertz CT molecular complexity index is 3920. The molecule has 0 bridgehead atoms. The molecule has 0 fully saturated rings. The molecule has 304 valence electrons. The molecule has 2 aromatic heterocycles. The molecule has 0 radical (unpaired) electrons. The molecule has 0 aliphatic carbocycles. The maximum absolute atomic E-state index is 6.52. The number of hydrogen-bond acceptors (Lipinski definition) is 3. The van der Waals surface area contributed by atoms with Gasteiger partial charge in [-0.05, 0) is 127 Å². The second kappa shape index (κ2) is 15.2. The van der Waals surface area contributed by atoms with Crippen LogP contribution in [0.15, 0.2) is 241 Å². The van der Waals surface area contributed by atoms with Crippen molar-refractivity contribution in [3.63, 3.8) is 0 Å². The molecule has 0 aliphatic rings. The van der Waals surface area contributed by atoms with Gasteiger partial charge in [-0.1, -0.05) is 170 Å². The van der Waals surface area contributed by atoms with Crippen LogP contribution in [0.3, 0.4) is 0 Å². The van der Waals surface area contributed by atoms with Crippen LogP contribution in [0.4, 0.5) is 17.1 Å². The van der Waals surface area contributed by atoms with E-state index in [0.717, 1.165) is 61.3 Å². The summed E-state index contributed by atoms with van der Waals surface area (Å²) < 4.78 is 9.14. The monoisotopic (exact) mass is 845 g/mol. The van der Waals surface area contributed by atoms with Gasteiger partial charge in [0.05, 0.1) is 0 Å². The van der Waals surface area contributed by atoms with Gasteiger partial charge in [0.2, 0.25) is 0 Å². The third-order valence-corrected chi connectivity index (χ3v) is 14.2. The number of thiophene rings is 1. The van der Waals surface area contributed by atoms with Crippen LogP contribution in [-0.2, 0) is 0 Å². The lowest BCUT2D eigenvalue weighted by Crippen LogP contribution is -2.09. The summed E-state index contributed by atoms with van der Waals surface area (Å²) in [7, 11) is 0. The molecular weight excluding hydrogens is 807 g/mol. The van der Waals surface area contributed by atoms with E-state index in [1.54, 1.807) is 0 Å². The highest BCUT2D eigenvalue weighted by Crippen LogP contribution is 2.43. The lowest BCUT2D eigenvalue weighted by atomic mass is 9.97. The van der Waals surface area contributed by atoms with Crippen LogP contribution < -0.4 is 4.90 Å². The fourth-order valence-corrected chi connectivity index (χ4v) is 11.0. The SMILES string of the molecule is c1ccc(-c2cccc3c2oc2ccc(-c4ccc(N(c5ccc(-c6ccc7ccc8ccccc8c7c6)cc5)c5ccc(-c6cccc7sc8ccccc8c67)cc5)cc4)cc23)cc1. The number of para-hydroxylation sites is 1. The van der Waals surface area contributed by atoms with Crippen LogP contribution in [0.2, 0.25) is 0 Å². The molecule has 13 aromatic rings. The van der Waals surface area contributed by atoms with E-state index in [-0.39, 0.29) is 0 Å². The molecule has 0 saturated heterocycles. The zero-order chi connectivity index (χ0) is 42.8. The Labute approximate surface area is 380 Å². The van der Waals surface area contributed by atoms with E-state index < -0.39 is 0 Å². The van der Waals surface area contributed by atoms with Crippen molar-refractivity contribution >= 4 is 92.1 Å². The third-order valence-electron chi connectivity index (χ3n) is 13.1. The Hall–Kier alpha value is -8.24. The van der Waals surface area contributed by atoms with Crippen molar-refractivity contribution in [3.8, 4) is 44.5 Å². The van der Waals surface area contributed by atoms with Crippen molar-refractivity contribution in [3.05, 3.63) is 237 Å². The summed E-state index contributed by atoms with van der Waals surface area (Å²) >= 11 is 1.86. The quantitative estimate of drug-likeness (QED) is 0.149. The summed E-state index contributed by atoms with van der Waals surface area (Å²) in [5.74, 6) is 0. The minimum Gasteiger partial charge on any atom is -0.455 e. The van der Waals surface area contributed by atoms with Crippen molar-refractivity contribution in [1.82, 2.24) is 0 Å². The summed E-state index contributed by atoms with van der Waals surface area (Å²) in [6.45, 7) is 0. The third kappa shape index (κ3) is 6.39. The normalized spacial score (nSPS) is 11.7. The molecule has 0 unspecified atom stereocenters. The van der Waals surface area contributed by atoms with Gasteiger partial charge in [-0.3, -0.25) is 0 Å². The molecule has 65 heavy (non-hydrogen) atoms. The Morgan fingerprint density at radius 3 is 1.55 bits per heavy atom. The predicted molar refractivity (Wildman–Crippen MR) is 278 cm³/mol. The van der Waals surface area contributed by atoms with Crippen LogP contribution >= 0.6 is 11.3 Å². The van der Waals surface area contributed by atoms with Crippen molar-refractivity contribution in [1.29, 1.82) is 0 Å². The van der Waals surface area contributed by atoms with E-state index >= 15 is 0 Å². The number of nitrogens with zero attached hydrogens (tertiary/aromatic N) is 1. The first-order valence-electron chi connectivity index (χ1n) is 22.1. The van der Waals surface area contributed by atoms with E-state index in [1.165, 1.54) is 64.0 Å². The van der Waals surface area contributed by atoms with Crippen molar-refractivity contribution in [2.75, 3.05) is 4.90 Å². The van der Waals surface area contributed by atoms with Crippen molar-refractivity contribution in [2.24, 2.45) is 0 Å². The van der Waals surface area contributed by atoms with Crippen LogP contribution in [0.25, 0.3) is 108 Å². The average molecular weight is 846 g/mol. The molecule has 0 saturated carbocycles. The Kier molecular flexibility index (Phi) is 8.75. The van der Waals surface area contributed by atoms with Gasteiger partial charge in [0.25, 0.3) is 0 Å². The van der Waals surface area contributed by atoms with Crippen LogP contribution in [0.5, 0.6) is 0 Å². The Balaban J connectivity index is 0.886. The smallest absolute Gasteiger partial charge is 0.143 e. The number of hydrogen-bond donors (Lipinski definition) is 0. The Morgan fingerprint density at radius 1 is 0.308 bits per heavy atom. The zero-order valence-corrected chi connectivity index (χ0v) is 36.1. The maximum Gasteiger partial charge on any atom is 0.143 e. The lowest BCUT2D eigenvalue weighted by Gasteiger charge is -2.26. The lowest BCUT2D eigenvalue weighted by molar-refractivity contribution is 0.670. The fourth-order valence-electron chi connectivity index (χ4n) is 9.86. The van der Waals surface area contributed by atoms with E-state index in [4.69, 9.17) is 4.42 Å². The highest BCUT2D eigenvalue weighted by Gasteiger charge is 2.17. The van der Waals surface area contributed by atoms with E-state index in [0.29, 0.717) is 0 Å². The average Bonchev–Trinajstić information content (AvgIpc) is 3.96. The highest BCUT2D eigenvalue weighted by atomic mass is 32.1. The molecule has 0 aliphatic heterocycles. The summed E-state index contributed by atoms with van der Waals surface area (Å²) in [5, 5.41) is 9.93. The van der Waals surface area contributed by atoms with Gasteiger partial charge in [0.1, 0.15) is 11.2 Å². The molecule has 13 rings (SSSR count). The molecule has 2 nitrogen and oxygen atoms in total. The molecule has 2 heterocycles. The van der Waals surface area contributed by atoms with Crippen molar-refractivity contribution < 1.29 is 4.42 Å². The summed E-state index contributed by atoms with van der Waals surface area (Å²) in [6, 6.07) is 85.9. The van der Waals surface area contributed by atoms with E-state index in [9.17, 15) is 0 Å². The number of furan rings is 1. The van der Waals surface area contributed by atoms with Gasteiger partial charge in [-0.2, -0.15) is 0 Å². The molecule has 0 spiro atoms. The molecule has 3 heteroatoms. The number of rotatable bonds is 7.